The Morgan fingerprint density at radius 3 is 2.91 bits per heavy atom. The summed E-state index contributed by atoms with van der Waals surface area (Å²) in [7, 11) is 3.05. The van der Waals surface area contributed by atoms with Crippen LogP contribution in [0.2, 0.25) is 0 Å². The highest BCUT2D eigenvalue weighted by Gasteiger charge is 2.21. The molecule has 5 heteroatoms. The van der Waals surface area contributed by atoms with Gasteiger partial charge in [0.25, 0.3) is 0 Å². The number of nitrogens with zero attached hydrogens (tertiary/aromatic N) is 1. The van der Waals surface area contributed by atoms with Crippen molar-refractivity contribution in [1.29, 1.82) is 0 Å². The number of ether oxygens (including phenoxy) is 2. The Labute approximate surface area is 135 Å². The van der Waals surface area contributed by atoms with Crippen LogP contribution in [0.1, 0.15) is 34.5 Å². The molecule has 23 heavy (non-hydrogen) atoms. The van der Waals surface area contributed by atoms with E-state index in [1.807, 2.05) is 6.07 Å². The number of carbonyl (C=O) groups is 1. The lowest BCUT2D eigenvalue weighted by atomic mass is 10.1. The van der Waals surface area contributed by atoms with Crippen molar-refractivity contribution in [1.82, 2.24) is 0 Å². The predicted molar refractivity (Wildman–Crippen MR) is 87.0 cm³/mol. The zero-order valence-electron chi connectivity index (χ0n) is 13.5. The summed E-state index contributed by atoms with van der Waals surface area (Å²) in [5.74, 6) is 1.10. The molecular weight excluding hydrogens is 294 g/mol. The van der Waals surface area contributed by atoms with Gasteiger partial charge in [0.15, 0.2) is 0 Å². The number of aryl methyl sites for hydroxylation is 1. The molecule has 0 saturated heterocycles. The molecule has 1 aliphatic heterocycles. The Morgan fingerprint density at radius 1 is 1.26 bits per heavy atom. The number of esters is 1. The van der Waals surface area contributed by atoms with Crippen molar-refractivity contribution in [3.8, 4) is 5.75 Å². The summed E-state index contributed by atoms with van der Waals surface area (Å²) in [5.41, 5.74) is 2.93. The number of carbonyl (C=O) groups excluding carboxylic acids is 1. The molecular formula is C18H21NO4. The molecule has 2 heterocycles. The lowest BCUT2D eigenvalue weighted by molar-refractivity contribution is 0.0598. The van der Waals surface area contributed by atoms with E-state index in [2.05, 4.69) is 17.0 Å². The van der Waals surface area contributed by atoms with Gasteiger partial charge >= 0.3 is 5.97 Å². The smallest absolute Gasteiger partial charge is 0.341 e. The Hall–Kier alpha value is -2.43. The predicted octanol–water partition coefficient (Wildman–Crippen LogP) is 3.42. The first-order valence-electron chi connectivity index (χ1n) is 7.79. The maximum Gasteiger partial charge on any atom is 0.341 e. The Bertz CT molecular complexity index is 692. The topological polar surface area (TPSA) is 51.9 Å². The largest absolute Gasteiger partial charge is 0.497 e. The second-order valence-corrected chi connectivity index (χ2v) is 5.62. The molecule has 3 rings (SSSR count). The maximum atomic E-state index is 11.8. The van der Waals surface area contributed by atoms with E-state index < -0.39 is 0 Å². The molecule has 0 saturated carbocycles. The van der Waals surface area contributed by atoms with Crippen LogP contribution in [0.15, 0.2) is 34.9 Å². The fourth-order valence-electron chi connectivity index (χ4n) is 3.01. The van der Waals surface area contributed by atoms with Crippen molar-refractivity contribution in [3.05, 3.63) is 47.4 Å². The van der Waals surface area contributed by atoms with Crippen LogP contribution in [0.4, 0.5) is 5.69 Å². The second kappa shape index (κ2) is 6.77. The molecule has 1 aromatic heterocycles. The fourth-order valence-corrected chi connectivity index (χ4v) is 3.01. The summed E-state index contributed by atoms with van der Waals surface area (Å²) >= 11 is 0. The number of rotatable bonds is 4. The average Bonchev–Trinajstić information content (AvgIpc) is 2.95. The van der Waals surface area contributed by atoms with Gasteiger partial charge in [-0.05, 0) is 37.0 Å². The molecule has 0 unspecified atom stereocenters. The van der Waals surface area contributed by atoms with Gasteiger partial charge in [-0.1, -0.05) is 6.07 Å². The maximum absolute atomic E-state index is 11.8. The number of hydrogen-bond donors (Lipinski definition) is 0. The zero-order valence-corrected chi connectivity index (χ0v) is 13.5. The van der Waals surface area contributed by atoms with E-state index in [0.29, 0.717) is 17.9 Å². The molecule has 0 bridgehead atoms. The van der Waals surface area contributed by atoms with Gasteiger partial charge in [-0.25, -0.2) is 4.79 Å². The van der Waals surface area contributed by atoms with Crippen molar-refractivity contribution in [2.75, 3.05) is 25.7 Å². The summed E-state index contributed by atoms with van der Waals surface area (Å²) in [5, 5.41) is 0. The molecule has 2 aromatic rings. The first kappa shape index (κ1) is 15.5. The lowest BCUT2D eigenvalue weighted by Gasteiger charge is -2.24. The monoisotopic (exact) mass is 315 g/mol. The molecule has 0 radical (unpaired) electrons. The highest BCUT2D eigenvalue weighted by atomic mass is 16.5. The molecule has 1 aromatic carbocycles. The minimum absolute atomic E-state index is 0.366. The van der Waals surface area contributed by atoms with Gasteiger partial charge in [0.2, 0.25) is 0 Å². The van der Waals surface area contributed by atoms with Crippen molar-refractivity contribution < 1.29 is 18.7 Å². The van der Waals surface area contributed by atoms with Crippen LogP contribution in [0.25, 0.3) is 0 Å². The van der Waals surface area contributed by atoms with Gasteiger partial charge < -0.3 is 18.8 Å². The van der Waals surface area contributed by atoms with E-state index in [1.54, 1.807) is 13.2 Å². The molecule has 0 aliphatic carbocycles. The number of methoxy groups -OCH3 is 2. The van der Waals surface area contributed by atoms with Crippen LogP contribution >= 0.6 is 0 Å². The second-order valence-electron chi connectivity index (χ2n) is 5.62. The molecule has 0 fully saturated rings. The summed E-state index contributed by atoms with van der Waals surface area (Å²) in [4.78, 5) is 14.1. The highest BCUT2D eigenvalue weighted by molar-refractivity contribution is 5.90. The number of fused-ring (bicyclic) bond motifs is 1. The summed E-state index contributed by atoms with van der Waals surface area (Å²) in [6.45, 7) is 1.46. The fraction of sp³-hybridized carbons (Fsp3) is 0.389. The summed E-state index contributed by atoms with van der Waals surface area (Å²) in [6, 6.07) is 7.83. The SMILES string of the molecule is COC(=O)c1ccoc1CN1CCCCc2ccc(OC)cc21. The number of benzene rings is 1. The summed E-state index contributed by atoms with van der Waals surface area (Å²) in [6.07, 6.45) is 4.84. The third-order valence-corrected chi connectivity index (χ3v) is 4.24. The molecule has 1 aliphatic rings. The van der Waals surface area contributed by atoms with Gasteiger partial charge in [0.1, 0.15) is 17.1 Å². The Kier molecular flexibility index (Phi) is 4.55. The molecule has 0 N–H and O–H groups in total. The Morgan fingerprint density at radius 2 is 2.13 bits per heavy atom. The summed E-state index contributed by atoms with van der Waals surface area (Å²) < 4.78 is 15.7. The van der Waals surface area contributed by atoms with Gasteiger partial charge in [0, 0.05) is 18.3 Å². The first-order chi connectivity index (χ1) is 11.2. The van der Waals surface area contributed by atoms with Crippen LogP contribution in [-0.4, -0.2) is 26.7 Å². The van der Waals surface area contributed by atoms with E-state index in [4.69, 9.17) is 13.9 Å². The van der Waals surface area contributed by atoms with Crippen LogP contribution in [0.5, 0.6) is 5.75 Å². The van der Waals surface area contributed by atoms with Gasteiger partial charge in [-0.3, -0.25) is 0 Å². The average molecular weight is 315 g/mol. The highest BCUT2D eigenvalue weighted by Crippen LogP contribution is 2.32. The van der Waals surface area contributed by atoms with Gasteiger partial charge in [-0.2, -0.15) is 0 Å². The Balaban J connectivity index is 1.92. The molecule has 0 amide bonds. The van der Waals surface area contributed by atoms with Crippen LogP contribution in [0, 0.1) is 0 Å². The van der Waals surface area contributed by atoms with E-state index >= 15 is 0 Å². The zero-order chi connectivity index (χ0) is 16.2. The number of hydrogen-bond acceptors (Lipinski definition) is 5. The minimum atomic E-state index is -0.366. The van der Waals surface area contributed by atoms with Gasteiger partial charge in [-0.15, -0.1) is 0 Å². The lowest BCUT2D eigenvalue weighted by Crippen LogP contribution is -2.24. The molecule has 0 atom stereocenters. The molecule has 122 valence electrons. The van der Waals surface area contributed by atoms with Crippen LogP contribution < -0.4 is 9.64 Å². The van der Waals surface area contributed by atoms with E-state index in [0.717, 1.165) is 37.2 Å². The van der Waals surface area contributed by atoms with Crippen LogP contribution in [-0.2, 0) is 17.7 Å². The third kappa shape index (κ3) is 3.18. The van der Waals surface area contributed by atoms with E-state index in [-0.39, 0.29) is 5.97 Å². The molecule has 0 spiro atoms. The number of anilines is 1. The normalized spacial score (nSPS) is 14.1. The standard InChI is InChI=1S/C18H21NO4/c1-21-14-7-6-13-5-3-4-9-19(16(13)11-14)12-17-15(8-10-23-17)18(20)22-2/h6-8,10-11H,3-5,9,12H2,1-2H3. The quantitative estimate of drug-likeness (QED) is 0.809. The number of furan rings is 1. The van der Waals surface area contributed by atoms with Crippen molar-refractivity contribution in [3.63, 3.8) is 0 Å². The first-order valence-corrected chi connectivity index (χ1v) is 7.79. The van der Waals surface area contributed by atoms with Crippen LogP contribution in [0.3, 0.4) is 0 Å². The van der Waals surface area contributed by atoms with Crippen molar-refractivity contribution in [2.24, 2.45) is 0 Å². The molecule has 5 nitrogen and oxygen atoms in total. The third-order valence-electron chi connectivity index (χ3n) is 4.24. The van der Waals surface area contributed by atoms with Crippen molar-refractivity contribution in [2.45, 2.75) is 25.8 Å². The van der Waals surface area contributed by atoms with E-state index in [9.17, 15) is 4.79 Å². The van der Waals surface area contributed by atoms with E-state index in [1.165, 1.54) is 18.9 Å². The van der Waals surface area contributed by atoms with Gasteiger partial charge in [0.05, 0.1) is 27.0 Å². The minimum Gasteiger partial charge on any atom is -0.497 e. The van der Waals surface area contributed by atoms with Crippen molar-refractivity contribution >= 4 is 11.7 Å².